The minimum atomic E-state index is -3.50. The van der Waals surface area contributed by atoms with Gasteiger partial charge in [0.05, 0.1) is 0 Å². The molecule has 1 aliphatic rings. The summed E-state index contributed by atoms with van der Waals surface area (Å²) in [5.41, 5.74) is 0.957. The van der Waals surface area contributed by atoms with E-state index >= 15 is 0 Å². The first kappa shape index (κ1) is 14.8. The SMILES string of the molecule is COP(=O)(OC)[C@@H]1OS(=O)O[C@H]1Cc1ccccc1. The van der Waals surface area contributed by atoms with Gasteiger partial charge in [-0.1, -0.05) is 30.3 Å². The highest BCUT2D eigenvalue weighted by atomic mass is 32.2. The predicted octanol–water partition coefficient (Wildman–Crippen LogP) is 2.04. The third-order valence-corrected chi connectivity index (χ3v) is 5.79. The van der Waals surface area contributed by atoms with Crippen LogP contribution >= 0.6 is 7.60 Å². The molecule has 1 saturated heterocycles. The lowest BCUT2D eigenvalue weighted by molar-refractivity contribution is 0.161. The van der Waals surface area contributed by atoms with E-state index in [1.807, 2.05) is 30.3 Å². The van der Waals surface area contributed by atoms with E-state index in [9.17, 15) is 8.77 Å². The monoisotopic (exact) mass is 306 g/mol. The van der Waals surface area contributed by atoms with Crippen molar-refractivity contribution in [2.24, 2.45) is 0 Å². The molecule has 1 aliphatic heterocycles. The summed E-state index contributed by atoms with van der Waals surface area (Å²) in [5, 5.41) is 0. The molecule has 1 heterocycles. The molecule has 3 atom stereocenters. The van der Waals surface area contributed by atoms with Gasteiger partial charge in [-0.3, -0.25) is 8.75 Å². The third kappa shape index (κ3) is 3.31. The molecule has 2 rings (SSSR count). The summed E-state index contributed by atoms with van der Waals surface area (Å²) in [7, 11) is -0.983. The van der Waals surface area contributed by atoms with Crippen molar-refractivity contribution < 1.29 is 26.2 Å². The molecule has 0 spiro atoms. The number of rotatable bonds is 5. The highest BCUT2D eigenvalue weighted by Gasteiger charge is 2.49. The molecule has 6 nitrogen and oxygen atoms in total. The van der Waals surface area contributed by atoms with Gasteiger partial charge in [0.2, 0.25) is 5.85 Å². The maximum Gasteiger partial charge on any atom is 0.362 e. The van der Waals surface area contributed by atoms with E-state index in [0.717, 1.165) is 5.56 Å². The van der Waals surface area contributed by atoms with Crippen LogP contribution in [0.4, 0.5) is 0 Å². The van der Waals surface area contributed by atoms with Crippen molar-refractivity contribution in [3.63, 3.8) is 0 Å². The van der Waals surface area contributed by atoms with Crippen molar-refractivity contribution in [2.45, 2.75) is 18.4 Å². The summed E-state index contributed by atoms with van der Waals surface area (Å²) in [4.78, 5) is 0. The molecule has 0 bridgehead atoms. The van der Waals surface area contributed by atoms with Crippen LogP contribution in [0.3, 0.4) is 0 Å². The Balaban J connectivity index is 2.18. The van der Waals surface area contributed by atoms with Crippen LogP contribution in [0.2, 0.25) is 0 Å². The quantitative estimate of drug-likeness (QED) is 0.775. The first-order valence-electron chi connectivity index (χ1n) is 5.60. The molecule has 1 aromatic carbocycles. The van der Waals surface area contributed by atoms with Crippen LogP contribution in [0, 0.1) is 0 Å². The molecule has 0 aliphatic carbocycles. The van der Waals surface area contributed by atoms with Crippen molar-refractivity contribution in [3.05, 3.63) is 35.9 Å². The van der Waals surface area contributed by atoms with Gasteiger partial charge < -0.3 is 9.05 Å². The molecular weight excluding hydrogens is 291 g/mol. The summed E-state index contributed by atoms with van der Waals surface area (Å²) in [6.45, 7) is 0. The van der Waals surface area contributed by atoms with Crippen LogP contribution < -0.4 is 0 Å². The van der Waals surface area contributed by atoms with E-state index in [1.54, 1.807) is 0 Å². The fourth-order valence-electron chi connectivity index (χ4n) is 1.83. The lowest BCUT2D eigenvalue weighted by Gasteiger charge is -2.21. The topological polar surface area (TPSA) is 71.1 Å². The van der Waals surface area contributed by atoms with Gasteiger partial charge in [-0.2, -0.15) is 4.21 Å². The molecule has 8 heteroatoms. The standard InChI is InChI=1S/C11H15O6PS/c1-14-18(12,15-2)11-10(16-19(13)17-11)8-9-6-4-3-5-7-9/h3-7,10-11H,8H2,1-2H3/t10-,11-,19?/m0/s1. The van der Waals surface area contributed by atoms with E-state index in [4.69, 9.17) is 17.4 Å². The van der Waals surface area contributed by atoms with E-state index in [0.29, 0.717) is 6.42 Å². The Bertz CT molecular complexity index is 485. The lowest BCUT2D eigenvalue weighted by Crippen LogP contribution is -2.26. The van der Waals surface area contributed by atoms with E-state index < -0.39 is 30.9 Å². The van der Waals surface area contributed by atoms with E-state index in [2.05, 4.69) is 0 Å². The van der Waals surface area contributed by atoms with Crippen LogP contribution in [0.1, 0.15) is 5.56 Å². The van der Waals surface area contributed by atoms with Crippen molar-refractivity contribution in [2.75, 3.05) is 14.2 Å². The van der Waals surface area contributed by atoms with Crippen molar-refractivity contribution in [1.29, 1.82) is 0 Å². The van der Waals surface area contributed by atoms with Crippen LogP contribution in [-0.2, 0) is 39.8 Å². The molecule has 0 radical (unpaired) electrons. The molecule has 106 valence electrons. The maximum atomic E-state index is 12.3. The molecule has 1 aromatic rings. The van der Waals surface area contributed by atoms with Gasteiger partial charge in [-0.15, -0.1) is 0 Å². The smallest absolute Gasteiger partial charge is 0.310 e. The maximum absolute atomic E-state index is 12.3. The van der Waals surface area contributed by atoms with Gasteiger partial charge >= 0.3 is 19.0 Å². The van der Waals surface area contributed by atoms with Crippen LogP contribution in [0.5, 0.6) is 0 Å². The molecule has 0 saturated carbocycles. The van der Waals surface area contributed by atoms with Crippen molar-refractivity contribution in [1.82, 2.24) is 0 Å². The average Bonchev–Trinajstić information content (AvgIpc) is 2.80. The van der Waals surface area contributed by atoms with Crippen LogP contribution in [-0.4, -0.2) is 30.4 Å². The van der Waals surface area contributed by atoms with E-state index in [1.165, 1.54) is 14.2 Å². The van der Waals surface area contributed by atoms with Gasteiger partial charge in [0.1, 0.15) is 6.10 Å². The van der Waals surface area contributed by atoms with E-state index in [-0.39, 0.29) is 0 Å². The molecule has 19 heavy (non-hydrogen) atoms. The average molecular weight is 306 g/mol. The molecular formula is C11H15O6PS. The third-order valence-electron chi connectivity index (χ3n) is 2.80. The lowest BCUT2D eigenvalue weighted by atomic mass is 10.1. The minimum absolute atomic E-state index is 0.411. The molecule has 1 fully saturated rings. The number of hydrogen-bond acceptors (Lipinski definition) is 6. The molecule has 0 N–H and O–H groups in total. The second-order valence-corrected chi connectivity index (χ2v) is 7.03. The van der Waals surface area contributed by atoms with Gasteiger partial charge in [0.25, 0.3) is 0 Å². The zero-order valence-corrected chi connectivity index (χ0v) is 12.3. The molecule has 0 amide bonds. The van der Waals surface area contributed by atoms with Gasteiger partial charge in [0.15, 0.2) is 0 Å². The Hall–Kier alpha value is -0.560. The molecule has 0 aromatic heterocycles. The number of benzene rings is 1. The zero-order valence-electron chi connectivity index (χ0n) is 10.6. The fraction of sp³-hybridized carbons (Fsp3) is 0.455. The first-order valence-corrected chi connectivity index (χ1v) is 8.21. The normalized spacial score (nSPS) is 27.6. The highest BCUT2D eigenvalue weighted by Crippen LogP contribution is 2.56. The fourth-order valence-corrected chi connectivity index (χ4v) is 4.39. The second kappa shape index (κ2) is 6.26. The predicted molar refractivity (Wildman–Crippen MR) is 69.7 cm³/mol. The minimum Gasteiger partial charge on any atom is -0.310 e. The largest absolute Gasteiger partial charge is 0.362 e. The Kier molecular flexibility index (Phi) is 4.89. The molecule has 1 unspecified atom stereocenters. The Labute approximate surface area is 114 Å². The van der Waals surface area contributed by atoms with Gasteiger partial charge in [0, 0.05) is 20.6 Å². The number of hydrogen-bond donors (Lipinski definition) is 0. The van der Waals surface area contributed by atoms with Gasteiger partial charge in [-0.25, -0.2) is 4.18 Å². The highest BCUT2D eigenvalue weighted by molar-refractivity contribution is 7.76. The van der Waals surface area contributed by atoms with Crippen LogP contribution in [0.25, 0.3) is 0 Å². The summed E-state index contributed by atoms with van der Waals surface area (Å²) in [6.07, 6.45) is -0.234. The van der Waals surface area contributed by atoms with Crippen molar-refractivity contribution >= 4 is 19.0 Å². The summed E-state index contributed by atoms with van der Waals surface area (Å²) >= 11 is -1.94. The Morgan fingerprint density at radius 2 is 1.84 bits per heavy atom. The zero-order chi connectivity index (χ0) is 13.9. The first-order chi connectivity index (χ1) is 9.09. The Morgan fingerprint density at radius 3 is 2.42 bits per heavy atom. The second-order valence-electron chi connectivity index (χ2n) is 3.92. The summed E-state index contributed by atoms with van der Waals surface area (Å²) in [5.74, 6) is -0.997. The summed E-state index contributed by atoms with van der Waals surface area (Å²) < 4.78 is 43.6. The van der Waals surface area contributed by atoms with Crippen molar-refractivity contribution in [3.8, 4) is 0 Å². The Morgan fingerprint density at radius 1 is 1.21 bits per heavy atom. The van der Waals surface area contributed by atoms with Gasteiger partial charge in [-0.05, 0) is 5.56 Å². The summed E-state index contributed by atoms with van der Waals surface area (Å²) in [6, 6.07) is 9.44. The van der Waals surface area contributed by atoms with Crippen LogP contribution in [0.15, 0.2) is 30.3 Å².